The summed E-state index contributed by atoms with van der Waals surface area (Å²) >= 11 is 0.551. The first-order valence-corrected chi connectivity index (χ1v) is 1.52. The van der Waals surface area contributed by atoms with Crippen molar-refractivity contribution in [1.29, 1.82) is 0 Å². The van der Waals surface area contributed by atoms with Crippen LogP contribution in [0, 0.1) is 0 Å². The Kier molecular flexibility index (Phi) is 2.97. The third kappa shape index (κ3) is 1.98. The van der Waals surface area contributed by atoms with E-state index in [1.165, 1.54) is 5.62 Å². The molecule has 2 N–H and O–H groups in total. The molecule has 0 saturated heterocycles. The lowest BCUT2D eigenvalue weighted by Crippen LogP contribution is -1.71. The van der Waals surface area contributed by atoms with Gasteiger partial charge < -0.3 is 0 Å². The Balaban J connectivity index is 2.30. The molecule has 0 aromatic heterocycles. The summed E-state index contributed by atoms with van der Waals surface area (Å²) in [7, 11) is 0. The number of rotatable bonds is 1. The molecular weight excluding hydrogens is 74.1 g/mol. The zero-order valence-corrected chi connectivity index (χ0v) is 2.71. The van der Waals surface area contributed by atoms with Gasteiger partial charge in [-0.25, -0.2) is 0 Å². The second-order valence-electron chi connectivity index (χ2n) is 0.201. The Hall–Kier alpha value is -0.0200. The molecule has 0 aromatic carbocycles. The van der Waals surface area contributed by atoms with Gasteiger partial charge in [-0.1, -0.05) is 0 Å². The molecule has 0 rings (SSSR count). The summed E-state index contributed by atoms with van der Waals surface area (Å²) in [4.78, 5) is 8.89. The monoisotopic (exact) mass is 76.0 g/mol. The summed E-state index contributed by atoms with van der Waals surface area (Å²) in [5.74, 6) is 0. The molecule has 0 bridgehead atoms. The molecule has 4 heavy (non-hydrogen) atoms. The van der Waals surface area contributed by atoms with Gasteiger partial charge in [-0.3, -0.25) is 9.93 Å². The van der Waals surface area contributed by atoms with Gasteiger partial charge in [0.15, 0.2) is 0 Å². The van der Waals surface area contributed by atoms with E-state index < -0.39 is 0 Å². The van der Waals surface area contributed by atoms with Crippen LogP contribution in [0.3, 0.4) is 0 Å². The lowest BCUT2D eigenvalue weighted by Gasteiger charge is -1.52. The van der Waals surface area contributed by atoms with E-state index in [0.717, 1.165) is 0 Å². The first-order chi connectivity index (χ1) is 1.91. The van der Waals surface area contributed by atoms with Gasteiger partial charge in [-0.2, -0.15) is 0 Å². The van der Waals surface area contributed by atoms with Crippen molar-refractivity contribution in [3.63, 3.8) is 0 Å². The summed E-state index contributed by atoms with van der Waals surface area (Å²) in [5.41, 5.74) is 1.38. The highest BCUT2D eigenvalue weighted by Crippen LogP contribution is 1.64. The molecular formula is CH2NOS. The maximum atomic E-state index is 8.89. The molecule has 0 unspecified atom stereocenters. The maximum Gasteiger partial charge on any atom is 0.281 e. The molecule has 2 nitrogen and oxygen atoms in total. The molecule has 0 atom stereocenters. The van der Waals surface area contributed by atoms with Crippen LogP contribution in [0.25, 0.3) is 0 Å². The van der Waals surface area contributed by atoms with Crippen LogP contribution in [-0.4, -0.2) is 5.62 Å². The normalized spacial score (nSPS) is 6.25. The van der Waals surface area contributed by atoms with Crippen LogP contribution < -0.4 is 5.14 Å². The molecule has 3 heteroatoms. The van der Waals surface area contributed by atoms with Crippen molar-refractivity contribution in [3.8, 4) is 0 Å². The molecule has 1 radical (unpaired) electrons. The van der Waals surface area contributed by atoms with E-state index >= 15 is 0 Å². The minimum Gasteiger partial charge on any atom is -0.276 e. The van der Waals surface area contributed by atoms with Crippen LogP contribution in [0.5, 0.6) is 0 Å². The lowest BCUT2D eigenvalue weighted by molar-refractivity contribution is 0.570. The highest BCUT2D eigenvalue weighted by atomic mass is 32.2. The molecule has 0 fully saturated rings. The molecule has 0 amide bonds. The molecule has 0 aromatic rings. The number of carbonyl (C=O) groups excluding carboxylic acids is 1. The smallest absolute Gasteiger partial charge is 0.276 e. The fourth-order valence-electron chi connectivity index (χ4n) is 0. The predicted octanol–water partition coefficient (Wildman–Crippen LogP) is -0.339. The van der Waals surface area contributed by atoms with Gasteiger partial charge in [0.2, 0.25) is 0 Å². The Morgan fingerprint density at radius 1 is 2.00 bits per heavy atom. The van der Waals surface area contributed by atoms with E-state index in [1.807, 2.05) is 0 Å². The largest absolute Gasteiger partial charge is 0.281 e. The van der Waals surface area contributed by atoms with E-state index in [1.54, 1.807) is 0 Å². The highest BCUT2D eigenvalue weighted by molar-refractivity contribution is 8.09. The Labute approximate surface area is 28.5 Å². The van der Waals surface area contributed by atoms with Gasteiger partial charge in [0.25, 0.3) is 5.62 Å². The molecule has 0 aliphatic carbocycles. The van der Waals surface area contributed by atoms with Crippen molar-refractivity contribution in [3.05, 3.63) is 0 Å². The van der Waals surface area contributed by atoms with Crippen molar-refractivity contribution in [1.82, 2.24) is 0 Å². The lowest BCUT2D eigenvalue weighted by atomic mass is 11.8. The van der Waals surface area contributed by atoms with E-state index in [4.69, 9.17) is 4.79 Å². The summed E-state index contributed by atoms with van der Waals surface area (Å²) in [6.45, 7) is 0. The van der Waals surface area contributed by atoms with E-state index in [9.17, 15) is 0 Å². The van der Waals surface area contributed by atoms with Gasteiger partial charge in [0.05, 0.1) is 0 Å². The van der Waals surface area contributed by atoms with Gasteiger partial charge in [0.1, 0.15) is 0 Å². The first kappa shape index (κ1) is 3.98. The van der Waals surface area contributed by atoms with Gasteiger partial charge in [0, 0.05) is 11.9 Å². The zero-order valence-electron chi connectivity index (χ0n) is 1.89. The molecule has 0 aliphatic rings. The van der Waals surface area contributed by atoms with Crippen LogP contribution >= 0.6 is 11.9 Å². The second-order valence-corrected chi connectivity index (χ2v) is 0.604. The quantitative estimate of drug-likeness (QED) is 0.434. The third-order valence-corrected chi connectivity index (χ3v) is 0.144. The summed E-state index contributed by atoms with van der Waals surface area (Å²) in [6.07, 6.45) is 0. The molecule has 23 valence electrons. The average molecular weight is 76.1 g/mol. The second kappa shape index (κ2) is 2.98. The number of hydrogen-bond donors (Lipinski definition) is 1. The standard InChI is InChI=1S/CH2NOS/c2-4-1-3/h2H2. The van der Waals surface area contributed by atoms with E-state index in [-0.39, 0.29) is 0 Å². The number of hydrogen-bond acceptors (Lipinski definition) is 3. The van der Waals surface area contributed by atoms with E-state index in [2.05, 4.69) is 5.14 Å². The number of nitrogens with two attached hydrogens (primary N) is 1. The first-order valence-electron chi connectivity index (χ1n) is 0.644. The van der Waals surface area contributed by atoms with Crippen molar-refractivity contribution in [2.75, 3.05) is 0 Å². The molecule has 0 heterocycles. The van der Waals surface area contributed by atoms with Crippen molar-refractivity contribution < 1.29 is 4.79 Å². The van der Waals surface area contributed by atoms with Crippen molar-refractivity contribution >= 4 is 17.6 Å². The fraction of sp³-hybridized carbons (Fsp3) is 0. The maximum absolute atomic E-state index is 8.89. The van der Waals surface area contributed by atoms with Crippen LogP contribution in [0.2, 0.25) is 0 Å². The fourth-order valence-corrected chi connectivity index (χ4v) is 0. The molecule has 0 spiro atoms. The Morgan fingerprint density at radius 2 is 2.25 bits per heavy atom. The Morgan fingerprint density at radius 3 is 2.25 bits per heavy atom. The van der Waals surface area contributed by atoms with Crippen LogP contribution in [0.1, 0.15) is 0 Å². The van der Waals surface area contributed by atoms with Gasteiger partial charge >= 0.3 is 0 Å². The third-order valence-electron chi connectivity index (χ3n) is 0.0481. The van der Waals surface area contributed by atoms with Crippen LogP contribution in [0.15, 0.2) is 0 Å². The molecule has 0 aliphatic heterocycles. The summed E-state index contributed by atoms with van der Waals surface area (Å²) in [5, 5.41) is 4.52. The minimum absolute atomic E-state index is 0.551. The van der Waals surface area contributed by atoms with E-state index in [0.29, 0.717) is 11.9 Å². The average Bonchev–Trinajstić information content (AvgIpc) is 1.37. The minimum atomic E-state index is 0.551. The van der Waals surface area contributed by atoms with Gasteiger partial charge in [-0.05, 0) is 0 Å². The topological polar surface area (TPSA) is 43.1 Å². The summed E-state index contributed by atoms with van der Waals surface area (Å²) < 4.78 is 0. The highest BCUT2D eigenvalue weighted by Gasteiger charge is 1.55. The summed E-state index contributed by atoms with van der Waals surface area (Å²) in [6, 6.07) is 0. The molecule has 0 saturated carbocycles. The van der Waals surface area contributed by atoms with Crippen molar-refractivity contribution in [2.45, 2.75) is 0 Å². The predicted molar refractivity (Wildman–Crippen MR) is 17.5 cm³/mol. The Bertz CT molecular complexity index is 22.0. The SMILES string of the molecule is NS[C]=O. The zero-order chi connectivity index (χ0) is 3.41. The van der Waals surface area contributed by atoms with Crippen LogP contribution in [0.4, 0.5) is 0 Å². The van der Waals surface area contributed by atoms with Crippen molar-refractivity contribution in [2.24, 2.45) is 5.14 Å². The van der Waals surface area contributed by atoms with Crippen LogP contribution in [-0.2, 0) is 4.79 Å². The van der Waals surface area contributed by atoms with Gasteiger partial charge in [-0.15, -0.1) is 0 Å².